The molecule has 1 unspecified atom stereocenters. The monoisotopic (exact) mass is 344 g/mol. The molecule has 0 N–H and O–H groups in total. The molecule has 21 heavy (non-hydrogen) atoms. The lowest BCUT2D eigenvalue weighted by Crippen LogP contribution is -2.33. The van der Waals surface area contributed by atoms with E-state index in [0.29, 0.717) is 10.2 Å². The molecule has 0 saturated heterocycles. The summed E-state index contributed by atoms with van der Waals surface area (Å²) in [6.45, 7) is 0. The molecule has 2 aromatic rings. The number of hydrogen-bond acceptors (Lipinski definition) is 2. The Morgan fingerprint density at radius 3 is 2.90 bits per heavy atom. The van der Waals surface area contributed by atoms with Crippen LogP contribution in [0.4, 0.5) is 0 Å². The number of nitrogens with zero attached hydrogens (tertiary/aromatic N) is 2. The largest absolute Gasteiger partial charge is 0.335 e. The highest BCUT2D eigenvalue weighted by molar-refractivity contribution is 9.10. The van der Waals surface area contributed by atoms with Crippen LogP contribution in [0.2, 0.25) is 0 Å². The average Bonchev–Trinajstić information content (AvgIpc) is 2.53. The van der Waals surface area contributed by atoms with Gasteiger partial charge in [-0.15, -0.1) is 0 Å². The summed E-state index contributed by atoms with van der Waals surface area (Å²) >= 11 is 3.36. The molecule has 0 bridgehead atoms. The second kappa shape index (κ2) is 5.98. The second-order valence-electron chi connectivity index (χ2n) is 5.36. The first-order valence-electron chi connectivity index (χ1n) is 7.14. The van der Waals surface area contributed by atoms with Gasteiger partial charge in [-0.25, -0.2) is 4.98 Å². The predicted molar refractivity (Wildman–Crippen MR) is 86.2 cm³/mol. The normalized spacial score (nSPS) is 17.1. The fourth-order valence-corrected chi connectivity index (χ4v) is 3.43. The van der Waals surface area contributed by atoms with E-state index in [1.54, 1.807) is 12.3 Å². The van der Waals surface area contributed by atoms with Gasteiger partial charge in [-0.1, -0.05) is 24.3 Å². The van der Waals surface area contributed by atoms with Crippen LogP contribution in [0.25, 0.3) is 0 Å². The molecule has 3 nitrogen and oxygen atoms in total. The lowest BCUT2D eigenvalue weighted by Gasteiger charge is -2.33. The van der Waals surface area contributed by atoms with Crippen molar-refractivity contribution in [1.82, 2.24) is 9.88 Å². The maximum atomic E-state index is 12.7. The van der Waals surface area contributed by atoms with Gasteiger partial charge >= 0.3 is 0 Å². The minimum atomic E-state index is 0.0108. The quantitative estimate of drug-likeness (QED) is 0.771. The predicted octanol–water partition coefficient (Wildman–Crippen LogP) is 3.99. The molecule has 0 radical (unpaired) electrons. The molecule has 0 aliphatic heterocycles. The molecule has 0 saturated carbocycles. The Morgan fingerprint density at radius 2 is 2.10 bits per heavy atom. The van der Waals surface area contributed by atoms with Gasteiger partial charge < -0.3 is 4.90 Å². The van der Waals surface area contributed by atoms with Crippen molar-refractivity contribution < 1.29 is 4.79 Å². The van der Waals surface area contributed by atoms with E-state index in [1.807, 2.05) is 18.0 Å². The van der Waals surface area contributed by atoms with E-state index >= 15 is 0 Å². The van der Waals surface area contributed by atoms with Gasteiger partial charge in [-0.05, 0) is 58.5 Å². The Kier molecular flexibility index (Phi) is 4.06. The van der Waals surface area contributed by atoms with E-state index in [2.05, 4.69) is 45.2 Å². The fraction of sp³-hybridized carbons (Fsp3) is 0.294. The van der Waals surface area contributed by atoms with Crippen LogP contribution >= 0.6 is 15.9 Å². The van der Waals surface area contributed by atoms with Crippen molar-refractivity contribution in [2.24, 2.45) is 0 Å². The van der Waals surface area contributed by atoms with Crippen LogP contribution in [-0.2, 0) is 6.42 Å². The molecular formula is C17H17BrN2O. The van der Waals surface area contributed by atoms with E-state index in [9.17, 15) is 4.79 Å². The highest BCUT2D eigenvalue weighted by Gasteiger charge is 2.27. The molecule has 1 aliphatic rings. The molecule has 3 rings (SSSR count). The van der Waals surface area contributed by atoms with Crippen LogP contribution < -0.4 is 0 Å². The molecule has 1 amide bonds. The second-order valence-corrected chi connectivity index (χ2v) is 6.12. The van der Waals surface area contributed by atoms with Gasteiger partial charge in [0.05, 0.1) is 11.6 Å². The van der Waals surface area contributed by atoms with Crippen molar-refractivity contribution >= 4 is 21.8 Å². The molecule has 0 fully saturated rings. The lowest BCUT2D eigenvalue weighted by atomic mass is 9.87. The summed E-state index contributed by atoms with van der Waals surface area (Å²) in [4.78, 5) is 18.7. The maximum absolute atomic E-state index is 12.7. The number of carbonyl (C=O) groups is 1. The first-order chi connectivity index (χ1) is 10.2. The zero-order chi connectivity index (χ0) is 14.8. The van der Waals surface area contributed by atoms with Crippen molar-refractivity contribution in [2.75, 3.05) is 7.05 Å². The minimum absolute atomic E-state index is 0.0108. The smallest absolute Gasteiger partial charge is 0.256 e. The molecule has 1 aromatic carbocycles. The number of rotatable bonds is 2. The lowest BCUT2D eigenvalue weighted by molar-refractivity contribution is 0.0713. The van der Waals surface area contributed by atoms with Crippen molar-refractivity contribution in [3.05, 3.63) is 63.9 Å². The van der Waals surface area contributed by atoms with Crippen molar-refractivity contribution in [3.63, 3.8) is 0 Å². The summed E-state index contributed by atoms with van der Waals surface area (Å²) in [6.07, 6.45) is 4.91. The van der Waals surface area contributed by atoms with Crippen LogP contribution in [0.15, 0.2) is 47.2 Å². The number of pyridine rings is 1. The maximum Gasteiger partial charge on any atom is 0.256 e. The zero-order valence-electron chi connectivity index (χ0n) is 11.9. The third-order valence-corrected chi connectivity index (χ3v) is 4.75. The summed E-state index contributed by atoms with van der Waals surface area (Å²) in [5.41, 5.74) is 3.25. The van der Waals surface area contributed by atoms with E-state index < -0.39 is 0 Å². The van der Waals surface area contributed by atoms with Gasteiger partial charge in [-0.2, -0.15) is 0 Å². The van der Waals surface area contributed by atoms with Gasteiger partial charge in [0.25, 0.3) is 5.91 Å². The Hall–Kier alpha value is -1.68. The van der Waals surface area contributed by atoms with E-state index in [-0.39, 0.29) is 11.9 Å². The van der Waals surface area contributed by atoms with Crippen LogP contribution in [0.3, 0.4) is 0 Å². The highest BCUT2D eigenvalue weighted by Crippen LogP contribution is 2.34. The van der Waals surface area contributed by atoms with E-state index in [4.69, 9.17) is 0 Å². The number of halogens is 1. The number of amides is 1. The third kappa shape index (κ3) is 2.72. The van der Waals surface area contributed by atoms with Gasteiger partial charge in [0.2, 0.25) is 0 Å². The van der Waals surface area contributed by atoms with Crippen molar-refractivity contribution in [1.29, 1.82) is 0 Å². The number of fused-ring (bicyclic) bond motifs is 1. The van der Waals surface area contributed by atoms with Crippen molar-refractivity contribution in [3.8, 4) is 0 Å². The molecule has 4 heteroatoms. The minimum Gasteiger partial charge on any atom is -0.335 e. The molecule has 1 atom stereocenters. The summed E-state index contributed by atoms with van der Waals surface area (Å²) < 4.78 is 0.603. The van der Waals surface area contributed by atoms with Gasteiger partial charge in [-0.3, -0.25) is 4.79 Å². The Labute approximate surface area is 133 Å². The van der Waals surface area contributed by atoms with E-state index in [0.717, 1.165) is 19.3 Å². The van der Waals surface area contributed by atoms with Gasteiger partial charge in [0.15, 0.2) is 0 Å². The summed E-state index contributed by atoms with van der Waals surface area (Å²) in [5, 5.41) is 0. The number of aryl methyl sites for hydroxylation is 1. The van der Waals surface area contributed by atoms with Crippen molar-refractivity contribution in [2.45, 2.75) is 25.3 Å². The number of hydrogen-bond donors (Lipinski definition) is 0. The fourth-order valence-electron chi connectivity index (χ4n) is 3.01. The summed E-state index contributed by atoms with van der Waals surface area (Å²) in [7, 11) is 1.88. The topological polar surface area (TPSA) is 33.2 Å². The SMILES string of the molecule is CN(C(=O)c1cccnc1Br)C1CCCc2ccccc21. The summed E-state index contributed by atoms with van der Waals surface area (Å²) in [6, 6.07) is 12.2. The average molecular weight is 345 g/mol. The number of aromatic nitrogens is 1. The number of benzene rings is 1. The van der Waals surface area contributed by atoms with Crippen LogP contribution in [0.5, 0.6) is 0 Å². The Bertz CT molecular complexity index is 671. The van der Waals surface area contributed by atoms with Crippen LogP contribution in [-0.4, -0.2) is 22.8 Å². The summed E-state index contributed by atoms with van der Waals surface area (Å²) in [5.74, 6) is 0.0108. The molecule has 1 aromatic heterocycles. The molecular weight excluding hydrogens is 328 g/mol. The standard InChI is InChI=1S/C17H17BrN2O/c1-20(17(21)14-9-5-11-19-16(14)18)15-10-4-7-12-6-2-3-8-13(12)15/h2-3,5-6,8-9,11,15H,4,7,10H2,1H3. The Morgan fingerprint density at radius 1 is 1.29 bits per heavy atom. The molecule has 1 heterocycles. The molecule has 0 spiro atoms. The number of carbonyl (C=O) groups excluding carboxylic acids is 1. The molecule has 1 aliphatic carbocycles. The zero-order valence-corrected chi connectivity index (χ0v) is 13.5. The first kappa shape index (κ1) is 14.3. The van der Waals surface area contributed by atoms with Gasteiger partial charge in [0, 0.05) is 13.2 Å². The Balaban J connectivity index is 1.91. The van der Waals surface area contributed by atoms with E-state index in [1.165, 1.54) is 11.1 Å². The van der Waals surface area contributed by atoms with Crippen LogP contribution in [0.1, 0.15) is 40.4 Å². The highest BCUT2D eigenvalue weighted by atomic mass is 79.9. The molecule has 108 valence electrons. The first-order valence-corrected chi connectivity index (χ1v) is 7.93. The van der Waals surface area contributed by atoms with Gasteiger partial charge in [0.1, 0.15) is 4.60 Å². The van der Waals surface area contributed by atoms with Crippen LogP contribution in [0, 0.1) is 0 Å². The third-order valence-electron chi connectivity index (χ3n) is 4.12.